The summed E-state index contributed by atoms with van der Waals surface area (Å²) in [4.78, 5) is 11.3. The topological polar surface area (TPSA) is 43.1 Å². The van der Waals surface area contributed by atoms with E-state index in [1.54, 1.807) is 0 Å². The fourth-order valence-corrected chi connectivity index (χ4v) is 1.90. The van der Waals surface area contributed by atoms with Crippen LogP contribution in [0.4, 0.5) is 0 Å². The molecule has 2 heteroatoms. The van der Waals surface area contributed by atoms with Crippen molar-refractivity contribution in [3.05, 3.63) is 0 Å². The van der Waals surface area contributed by atoms with Gasteiger partial charge >= 0.3 is 0 Å². The van der Waals surface area contributed by atoms with E-state index in [-0.39, 0.29) is 11.8 Å². The van der Waals surface area contributed by atoms with Gasteiger partial charge in [0.1, 0.15) is 5.78 Å². The van der Waals surface area contributed by atoms with E-state index in [2.05, 4.69) is 13.8 Å². The number of hydrogen-bond acceptors (Lipinski definition) is 2. The molecule has 0 aromatic heterocycles. The van der Waals surface area contributed by atoms with Gasteiger partial charge in [-0.3, -0.25) is 4.79 Å². The predicted molar refractivity (Wildman–Crippen MR) is 49.8 cm³/mol. The number of rotatable bonds is 1. The third-order valence-electron chi connectivity index (χ3n) is 2.91. The van der Waals surface area contributed by atoms with Gasteiger partial charge in [0.05, 0.1) is 6.04 Å². The highest BCUT2D eigenvalue weighted by Gasteiger charge is 2.24. The van der Waals surface area contributed by atoms with Crippen LogP contribution in [0.5, 0.6) is 0 Å². The smallest absolute Gasteiger partial charge is 0.149 e. The van der Waals surface area contributed by atoms with E-state index < -0.39 is 0 Å². The number of hydrogen-bond donors (Lipinski definition) is 1. The minimum absolute atomic E-state index is 0.181. The largest absolute Gasteiger partial charge is 0.322 e. The summed E-state index contributed by atoms with van der Waals surface area (Å²) in [6, 6.07) is -0.181. The molecule has 0 radical (unpaired) electrons. The molecule has 1 fully saturated rings. The van der Waals surface area contributed by atoms with Crippen molar-refractivity contribution in [3.63, 3.8) is 0 Å². The number of carbonyl (C=O) groups is 1. The highest BCUT2D eigenvalue weighted by molar-refractivity contribution is 5.83. The van der Waals surface area contributed by atoms with Crippen molar-refractivity contribution < 1.29 is 4.79 Å². The molecule has 0 spiro atoms. The minimum Gasteiger partial charge on any atom is -0.322 e. The molecule has 0 amide bonds. The van der Waals surface area contributed by atoms with E-state index >= 15 is 0 Å². The molecule has 0 aliphatic heterocycles. The molecule has 0 heterocycles. The summed E-state index contributed by atoms with van der Waals surface area (Å²) in [5.74, 6) is 1.59. The lowest BCUT2D eigenvalue weighted by Gasteiger charge is -2.19. The molecule has 0 aromatic rings. The fourth-order valence-electron chi connectivity index (χ4n) is 1.90. The molecule has 1 aliphatic carbocycles. The van der Waals surface area contributed by atoms with Gasteiger partial charge in [-0.05, 0) is 31.1 Å². The van der Waals surface area contributed by atoms with Gasteiger partial charge in [0, 0.05) is 6.42 Å². The summed E-state index contributed by atoms with van der Waals surface area (Å²) < 4.78 is 0. The number of ketones is 1. The Morgan fingerprint density at radius 2 is 2.17 bits per heavy atom. The number of nitrogens with two attached hydrogens (primary N) is 1. The van der Waals surface area contributed by atoms with Gasteiger partial charge in [0.2, 0.25) is 0 Å². The molecule has 12 heavy (non-hydrogen) atoms. The maximum Gasteiger partial charge on any atom is 0.149 e. The number of carbonyl (C=O) groups excluding carboxylic acids is 1. The van der Waals surface area contributed by atoms with Crippen LogP contribution in [0.25, 0.3) is 0 Å². The standard InChI is InChI=1S/C10H19NO/c1-7(2)8-4-3-5-10(12)9(11)6-8/h7-9H,3-6,11H2,1-2H3. The van der Waals surface area contributed by atoms with Crippen molar-refractivity contribution in [2.24, 2.45) is 17.6 Å². The van der Waals surface area contributed by atoms with Crippen LogP contribution in [0.1, 0.15) is 39.5 Å². The Bertz CT molecular complexity index is 165. The lowest BCUT2D eigenvalue weighted by molar-refractivity contribution is -0.120. The maximum absolute atomic E-state index is 11.3. The van der Waals surface area contributed by atoms with Gasteiger partial charge in [-0.25, -0.2) is 0 Å². The second kappa shape index (κ2) is 4.04. The van der Waals surface area contributed by atoms with Gasteiger partial charge < -0.3 is 5.73 Å². The van der Waals surface area contributed by atoms with Crippen LogP contribution in [0.3, 0.4) is 0 Å². The molecule has 1 rings (SSSR count). The zero-order valence-electron chi connectivity index (χ0n) is 8.05. The molecule has 0 bridgehead atoms. The molecule has 0 saturated heterocycles. The molecule has 70 valence electrons. The molecule has 0 aromatic carbocycles. The van der Waals surface area contributed by atoms with Crippen molar-refractivity contribution in [1.29, 1.82) is 0 Å². The lowest BCUT2D eigenvalue weighted by atomic mass is 9.88. The van der Waals surface area contributed by atoms with Crippen molar-refractivity contribution in [3.8, 4) is 0 Å². The van der Waals surface area contributed by atoms with E-state index in [0.717, 1.165) is 12.8 Å². The van der Waals surface area contributed by atoms with Gasteiger partial charge in [0.15, 0.2) is 0 Å². The second-order valence-corrected chi connectivity index (χ2v) is 4.20. The van der Waals surface area contributed by atoms with E-state index in [1.807, 2.05) is 0 Å². The third kappa shape index (κ3) is 2.31. The SMILES string of the molecule is CC(C)C1CCCC(=O)C(N)C1. The van der Waals surface area contributed by atoms with Crippen LogP contribution in [0.2, 0.25) is 0 Å². The van der Waals surface area contributed by atoms with E-state index in [9.17, 15) is 4.79 Å². The molecule has 2 atom stereocenters. The second-order valence-electron chi connectivity index (χ2n) is 4.20. The molecule has 1 saturated carbocycles. The molecular formula is C10H19NO. The average molecular weight is 169 g/mol. The quantitative estimate of drug-likeness (QED) is 0.607. The first kappa shape index (κ1) is 9.72. The average Bonchev–Trinajstić information content (AvgIpc) is 2.15. The van der Waals surface area contributed by atoms with Crippen LogP contribution in [0.15, 0.2) is 0 Å². The van der Waals surface area contributed by atoms with Gasteiger partial charge in [0.25, 0.3) is 0 Å². The van der Waals surface area contributed by atoms with E-state index in [4.69, 9.17) is 5.73 Å². The zero-order valence-corrected chi connectivity index (χ0v) is 8.05. The molecule has 2 nitrogen and oxygen atoms in total. The van der Waals surface area contributed by atoms with Crippen LogP contribution in [-0.4, -0.2) is 11.8 Å². The van der Waals surface area contributed by atoms with Crippen LogP contribution in [-0.2, 0) is 4.79 Å². The first-order chi connectivity index (χ1) is 5.61. The van der Waals surface area contributed by atoms with Gasteiger partial charge in [-0.15, -0.1) is 0 Å². The van der Waals surface area contributed by atoms with Crippen LogP contribution >= 0.6 is 0 Å². The van der Waals surface area contributed by atoms with Gasteiger partial charge in [-0.2, -0.15) is 0 Å². The summed E-state index contributed by atoms with van der Waals surface area (Å²) in [7, 11) is 0. The Balaban J connectivity index is 2.54. The highest BCUT2D eigenvalue weighted by Crippen LogP contribution is 2.26. The Hall–Kier alpha value is -0.370. The Morgan fingerprint density at radius 3 is 2.75 bits per heavy atom. The van der Waals surface area contributed by atoms with E-state index in [0.29, 0.717) is 18.3 Å². The summed E-state index contributed by atoms with van der Waals surface area (Å²) in [5, 5.41) is 0. The fraction of sp³-hybridized carbons (Fsp3) is 0.900. The van der Waals surface area contributed by atoms with Crippen LogP contribution in [0, 0.1) is 11.8 Å². The maximum atomic E-state index is 11.3. The lowest BCUT2D eigenvalue weighted by Crippen LogP contribution is -2.31. The molecule has 1 aliphatic rings. The predicted octanol–water partition coefficient (Wildman–Crippen LogP) is 1.73. The first-order valence-corrected chi connectivity index (χ1v) is 4.89. The van der Waals surface area contributed by atoms with Crippen molar-refractivity contribution in [2.75, 3.05) is 0 Å². The third-order valence-corrected chi connectivity index (χ3v) is 2.91. The Morgan fingerprint density at radius 1 is 1.50 bits per heavy atom. The summed E-state index contributed by atoms with van der Waals surface area (Å²) in [5.41, 5.74) is 5.76. The summed E-state index contributed by atoms with van der Waals surface area (Å²) >= 11 is 0. The van der Waals surface area contributed by atoms with Crippen molar-refractivity contribution in [2.45, 2.75) is 45.6 Å². The molecular weight excluding hydrogens is 150 g/mol. The molecule has 2 N–H and O–H groups in total. The monoisotopic (exact) mass is 169 g/mol. The first-order valence-electron chi connectivity index (χ1n) is 4.89. The highest BCUT2D eigenvalue weighted by atomic mass is 16.1. The van der Waals surface area contributed by atoms with Crippen LogP contribution < -0.4 is 5.73 Å². The molecule has 2 unspecified atom stereocenters. The van der Waals surface area contributed by atoms with Crippen molar-refractivity contribution >= 4 is 5.78 Å². The van der Waals surface area contributed by atoms with Crippen molar-refractivity contribution in [1.82, 2.24) is 0 Å². The Kier molecular flexibility index (Phi) is 3.27. The normalized spacial score (nSPS) is 32.2. The van der Waals surface area contributed by atoms with Gasteiger partial charge in [-0.1, -0.05) is 13.8 Å². The zero-order chi connectivity index (χ0) is 9.14. The minimum atomic E-state index is -0.181. The summed E-state index contributed by atoms with van der Waals surface area (Å²) in [6.45, 7) is 4.43. The summed E-state index contributed by atoms with van der Waals surface area (Å²) in [6.07, 6.45) is 3.81. The Labute approximate surface area is 74.5 Å². The number of Topliss-reactive ketones (excluding diaryl/α,β-unsaturated/α-hetero) is 1. The van der Waals surface area contributed by atoms with E-state index in [1.165, 1.54) is 6.42 Å².